The Hall–Kier alpha value is -0.930. The number of aromatic nitrogens is 1. The third kappa shape index (κ3) is 2.67. The molecule has 2 heterocycles. The molecule has 3 nitrogen and oxygen atoms in total. The van der Waals surface area contributed by atoms with Crippen LogP contribution in [0.1, 0.15) is 45.2 Å². The average Bonchev–Trinajstić information content (AvgIpc) is 2.85. The van der Waals surface area contributed by atoms with Gasteiger partial charge < -0.3 is 5.32 Å². The lowest BCUT2D eigenvalue weighted by Crippen LogP contribution is -2.67. The molecule has 1 spiro atoms. The summed E-state index contributed by atoms with van der Waals surface area (Å²) in [4.78, 5) is 7.21. The van der Waals surface area contributed by atoms with Gasteiger partial charge in [-0.1, -0.05) is 18.9 Å². The highest BCUT2D eigenvalue weighted by molar-refractivity contribution is 5.09. The highest BCUT2D eigenvalue weighted by atomic mass is 15.3. The lowest BCUT2D eigenvalue weighted by molar-refractivity contribution is 0.0113. The van der Waals surface area contributed by atoms with Crippen LogP contribution in [0.2, 0.25) is 0 Å². The van der Waals surface area contributed by atoms with E-state index in [1.165, 1.54) is 31.4 Å². The molecule has 0 radical (unpaired) electrons. The van der Waals surface area contributed by atoms with Gasteiger partial charge in [-0.3, -0.25) is 9.88 Å². The van der Waals surface area contributed by atoms with E-state index in [0.29, 0.717) is 5.54 Å². The molecule has 0 bridgehead atoms. The van der Waals surface area contributed by atoms with Crippen molar-refractivity contribution in [1.29, 1.82) is 0 Å². The van der Waals surface area contributed by atoms with Crippen LogP contribution in [0.15, 0.2) is 24.4 Å². The van der Waals surface area contributed by atoms with Crippen LogP contribution in [0.25, 0.3) is 0 Å². The van der Waals surface area contributed by atoms with Gasteiger partial charge in [-0.05, 0) is 38.8 Å². The van der Waals surface area contributed by atoms with Crippen LogP contribution in [0.4, 0.5) is 0 Å². The van der Waals surface area contributed by atoms with Crippen molar-refractivity contribution < 1.29 is 0 Å². The topological polar surface area (TPSA) is 28.2 Å². The van der Waals surface area contributed by atoms with Gasteiger partial charge >= 0.3 is 0 Å². The fraction of sp³-hybridized carbons (Fsp3) is 0.688. The molecule has 1 saturated carbocycles. The molecular weight excluding hydrogens is 234 g/mol. The number of nitrogens with zero attached hydrogens (tertiary/aromatic N) is 2. The van der Waals surface area contributed by atoms with Gasteiger partial charge in [0, 0.05) is 36.9 Å². The van der Waals surface area contributed by atoms with Crippen LogP contribution in [-0.2, 0) is 6.54 Å². The Kier molecular flexibility index (Phi) is 3.35. The summed E-state index contributed by atoms with van der Waals surface area (Å²) in [5.41, 5.74) is 1.79. The number of pyridine rings is 1. The average molecular weight is 259 g/mol. The van der Waals surface area contributed by atoms with Crippen molar-refractivity contribution in [3.8, 4) is 0 Å². The predicted octanol–water partition coefficient (Wildman–Crippen LogP) is 2.58. The zero-order chi connectivity index (χ0) is 13.3. The van der Waals surface area contributed by atoms with Gasteiger partial charge in [0.25, 0.3) is 0 Å². The van der Waals surface area contributed by atoms with E-state index in [2.05, 4.69) is 41.2 Å². The molecule has 1 aliphatic heterocycles. The normalized spacial score (nSPS) is 25.8. The molecule has 2 fully saturated rings. The Bertz CT molecular complexity index is 421. The number of piperazine rings is 1. The molecule has 19 heavy (non-hydrogen) atoms. The Morgan fingerprint density at radius 2 is 2.05 bits per heavy atom. The van der Waals surface area contributed by atoms with Crippen LogP contribution in [0.5, 0.6) is 0 Å². The van der Waals surface area contributed by atoms with Gasteiger partial charge in [0.15, 0.2) is 0 Å². The summed E-state index contributed by atoms with van der Waals surface area (Å²) in [7, 11) is 0. The molecule has 1 aromatic heterocycles. The van der Waals surface area contributed by atoms with Crippen LogP contribution in [0.3, 0.4) is 0 Å². The van der Waals surface area contributed by atoms with Crippen molar-refractivity contribution in [2.45, 2.75) is 57.2 Å². The fourth-order valence-electron chi connectivity index (χ4n) is 3.65. The highest BCUT2D eigenvalue weighted by Crippen LogP contribution is 2.39. The van der Waals surface area contributed by atoms with E-state index in [1.54, 1.807) is 0 Å². The second kappa shape index (κ2) is 4.88. The zero-order valence-corrected chi connectivity index (χ0v) is 12.2. The third-order valence-electron chi connectivity index (χ3n) is 4.77. The van der Waals surface area contributed by atoms with E-state index in [0.717, 1.165) is 19.6 Å². The van der Waals surface area contributed by atoms with Crippen molar-refractivity contribution >= 4 is 0 Å². The number of rotatable bonds is 2. The Balaban J connectivity index is 1.81. The quantitative estimate of drug-likeness (QED) is 0.885. The minimum Gasteiger partial charge on any atom is -0.309 e. The summed E-state index contributed by atoms with van der Waals surface area (Å²) in [6.07, 6.45) is 7.33. The van der Waals surface area contributed by atoms with Crippen molar-refractivity contribution in [3.05, 3.63) is 30.1 Å². The molecule has 0 unspecified atom stereocenters. The van der Waals surface area contributed by atoms with E-state index in [9.17, 15) is 0 Å². The Morgan fingerprint density at radius 1 is 1.26 bits per heavy atom. The molecule has 3 heteroatoms. The molecule has 1 aliphatic carbocycles. The van der Waals surface area contributed by atoms with E-state index in [-0.39, 0.29) is 5.54 Å². The maximum Gasteiger partial charge on any atom is 0.0544 e. The standard InChI is InChI=1S/C16H25N3/c1-15(2)13-19(11-14-7-3-6-10-17-14)16(12-18-15)8-4-5-9-16/h3,6-7,10,18H,4-5,8-9,11-13H2,1-2H3. The summed E-state index contributed by atoms with van der Waals surface area (Å²) >= 11 is 0. The van der Waals surface area contributed by atoms with E-state index < -0.39 is 0 Å². The van der Waals surface area contributed by atoms with Crippen molar-refractivity contribution in [1.82, 2.24) is 15.2 Å². The van der Waals surface area contributed by atoms with Gasteiger partial charge in [-0.15, -0.1) is 0 Å². The first-order valence-corrected chi connectivity index (χ1v) is 7.50. The van der Waals surface area contributed by atoms with Crippen molar-refractivity contribution in [3.63, 3.8) is 0 Å². The smallest absolute Gasteiger partial charge is 0.0544 e. The minimum absolute atomic E-state index is 0.211. The number of hydrogen-bond donors (Lipinski definition) is 1. The van der Waals surface area contributed by atoms with Gasteiger partial charge in [0.2, 0.25) is 0 Å². The molecular formula is C16H25N3. The molecule has 1 N–H and O–H groups in total. The second-order valence-electron chi connectivity index (χ2n) is 6.85. The number of hydrogen-bond acceptors (Lipinski definition) is 3. The fourth-order valence-corrected chi connectivity index (χ4v) is 3.65. The lowest BCUT2D eigenvalue weighted by atomic mass is 9.87. The second-order valence-corrected chi connectivity index (χ2v) is 6.85. The van der Waals surface area contributed by atoms with Gasteiger partial charge in [0.1, 0.15) is 0 Å². The molecule has 3 rings (SSSR count). The monoisotopic (exact) mass is 259 g/mol. The molecule has 2 aliphatic rings. The molecule has 1 saturated heterocycles. The highest BCUT2D eigenvalue weighted by Gasteiger charge is 2.45. The molecule has 104 valence electrons. The van der Waals surface area contributed by atoms with E-state index >= 15 is 0 Å². The maximum atomic E-state index is 4.51. The first kappa shape index (κ1) is 13.1. The van der Waals surface area contributed by atoms with E-state index in [1.807, 2.05) is 12.3 Å². The summed E-state index contributed by atoms with van der Waals surface area (Å²) < 4.78 is 0. The van der Waals surface area contributed by atoms with Crippen LogP contribution >= 0.6 is 0 Å². The SMILES string of the molecule is CC1(C)CN(Cc2ccccn2)C2(CCCC2)CN1. The van der Waals surface area contributed by atoms with E-state index in [4.69, 9.17) is 0 Å². The summed E-state index contributed by atoms with van der Waals surface area (Å²) in [5.74, 6) is 0. The minimum atomic E-state index is 0.211. The Labute approximate surface area is 116 Å². The zero-order valence-electron chi connectivity index (χ0n) is 12.2. The third-order valence-corrected chi connectivity index (χ3v) is 4.77. The van der Waals surface area contributed by atoms with Crippen LogP contribution in [0, 0.1) is 0 Å². The van der Waals surface area contributed by atoms with Crippen LogP contribution in [-0.4, -0.2) is 34.1 Å². The molecule has 0 aromatic carbocycles. The summed E-state index contributed by atoms with van der Waals surface area (Å²) in [6, 6.07) is 6.24. The maximum absolute atomic E-state index is 4.51. The molecule has 0 atom stereocenters. The van der Waals surface area contributed by atoms with Crippen molar-refractivity contribution in [2.75, 3.05) is 13.1 Å². The largest absolute Gasteiger partial charge is 0.309 e. The first-order valence-electron chi connectivity index (χ1n) is 7.50. The summed E-state index contributed by atoms with van der Waals surface area (Å²) in [5, 5.41) is 3.74. The van der Waals surface area contributed by atoms with Gasteiger partial charge in [0.05, 0.1) is 5.69 Å². The van der Waals surface area contributed by atoms with Crippen LogP contribution < -0.4 is 5.32 Å². The molecule has 0 amide bonds. The van der Waals surface area contributed by atoms with Crippen molar-refractivity contribution in [2.24, 2.45) is 0 Å². The molecule has 1 aromatic rings. The summed E-state index contributed by atoms with van der Waals surface area (Å²) in [6.45, 7) is 7.85. The van der Waals surface area contributed by atoms with Gasteiger partial charge in [-0.2, -0.15) is 0 Å². The predicted molar refractivity (Wildman–Crippen MR) is 77.9 cm³/mol. The Morgan fingerprint density at radius 3 is 2.74 bits per heavy atom. The lowest BCUT2D eigenvalue weighted by Gasteiger charge is -2.51. The number of nitrogens with one attached hydrogen (secondary N) is 1. The first-order chi connectivity index (χ1) is 9.10. The van der Waals surface area contributed by atoms with Gasteiger partial charge in [-0.25, -0.2) is 0 Å².